The van der Waals surface area contributed by atoms with E-state index in [1.54, 1.807) is 30.5 Å². The summed E-state index contributed by atoms with van der Waals surface area (Å²) in [5.74, 6) is 0.315. The molecule has 0 aliphatic carbocycles. The van der Waals surface area contributed by atoms with Crippen LogP contribution < -0.4 is 5.32 Å². The van der Waals surface area contributed by atoms with Crippen LogP contribution in [0.4, 0.5) is 4.39 Å². The molecule has 8 heteroatoms. The number of nitrogens with zero attached hydrogens (tertiary/aromatic N) is 2. The quantitative estimate of drug-likeness (QED) is 0.341. The predicted octanol–water partition coefficient (Wildman–Crippen LogP) is 3.37. The normalized spacial score (nSPS) is 16.2. The highest BCUT2D eigenvalue weighted by atomic mass is 19.1. The molecule has 158 valence electrons. The second-order valence-electron chi connectivity index (χ2n) is 7.61. The van der Waals surface area contributed by atoms with Crippen molar-refractivity contribution in [1.82, 2.24) is 25.5 Å². The molecule has 7 nitrogen and oxygen atoms in total. The maximum Gasteiger partial charge on any atom is 0.159 e. The Morgan fingerprint density at radius 2 is 2.03 bits per heavy atom. The van der Waals surface area contributed by atoms with Gasteiger partial charge in [-0.3, -0.25) is 5.10 Å². The molecule has 1 atom stereocenters. The van der Waals surface area contributed by atoms with Gasteiger partial charge in [-0.25, -0.2) is 9.37 Å². The van der Waals surface area contributed by atoms with Gasteiger partial charge in [0, 0.05) is 29.7 Å². The topological polar surface area (TPSA) is 110 Å². The Hall–Kier alpha value is -3.49. The molecule has 2 aromatic heterocycles. The number of imidazole rings is 1. The Balaban J connectivity index is 1.54. The van der Waals surface area contributed by atoms with Crippen molar-refractivity contribution >= 4 is 16.5 Å². The Kier molecular flexibility index (Phi) is 4.80. The molecule has 5 rings (SSSR count). The first-order valence-electron chi connectivity index (χ1n) is 10.2. The van der Waals surface area contributed by atoms with E-state index in [9.17, 15) is 10.2 Å². The summed E-state index contributed by atoms with van der Waals surface area (Å²) in [5.41, 5.74) is 4.68. The minimum atomic E-state index is -0.392. The molecule has 0 bridgehead atoms. The number of halogens is 1. The molecule has 0 amide bonds. The molecule has 4 aromatic rings. The third-order valence-electron chi connectivity index (χ3n) is 5.72. The van der Waals surface area contributed by atoms with Crippen molar-refractivity contribution < 1.29 is 14.6 Å². The summed E-state index contributed by atoms with van der Waals surface area (Å²) in [6.45, 7) is 2.63. The first-order chi connectivity index (χ1) is 15.1. The minimum absolute atomic E-state index is 0.0349. The van der Waals surface area contributed by atoms with Gasteiger partial charge in [0.15, 0.2) is 11.6 Å². The summed E-state index contributed by atoms with van der Waals surface area (Å²) in [4.78, 5) is 7.75. The number of phenols is 1. The van der Waals surface area contributed by atoms with Crippen LogP contribution in [-0.4, -0.2) is 49.6 Å². The molecule has 0 radical (unpaired) electrons. The summed E-state index contributed by atoms with van der Waals surface area (Å²) in [6.07, 6.45) is 4.42. The van der Waals surface area contributed by atoms with E-state index in [1.807, 2.05) is 19.1 Å². The second-order valence-corrected chi connectivity index (χ2v) is 7.61. The molecule has 0 saturated carbocycles. The van der Waals surface area contributed by atoms with Crippen molar-refractivity contribution in [2.45, 2.75) is 19.4 Å². The van der Waals surface area contributed by atoms with Gasteiger partial charge in [-0.1, -0.05) is 25.1 Å². The fraction of sp³-hybridized carbons (Fsp3) is 0.217. The Morgan fingerprint density at radius 1 is 1.19 bits per heavy atom. The monoisotopic (exact) mass is 419 g/mol. The summed E-state index contributed by atoms with van der Waals surface area (Å²) < 4.78 is 15.4. The van der Waals surface area contributed by atoms with Crippen LogP contribution in [0.15, 0.2) is 42.6 Å². The van der Waals surface area contributed by atoms with Crippen LogP contribution in [0.5, 0.6) is 5.75 Å². The number of aliphatic hydroxyl groups excluding tert-OH is 1. The van der Waals surface area contributed by atoms with Crippen LogP contribution in [-0.2, 0) is 6.42 Å². The van der Waals surface area contributed by atoms with Crippen LogP contribution in [0.3, 0.4) is 0 Å². The number of hydrogen-bond acceptors (Lipinski definition) is 5. The van der Waals surface area contributed by atoms with Crippen LogP contribution >= 0.6 is 0 Å². The minimum Gasteiger partial charge on any atom is -0.508 e. The molecule has 0 saturated heterocycles. The van der Waals surface area contributed by atoms with Crippen molar-refractivity contribution in [3.05, 3.63) is 59.7 Å². The third-order valence-corrected chi connectivity index (χ3v) is 5.72. The summed E-state index contributed by atoms with van der Waals surface area (Å²) in [6, 6.07) is 8.46. The maximum atomic E-state index is 15.4. The van der Waals surface area contributed by atoms with Gasteiger partial charge in [-0.15, -0.1) is 0 Å². The van der Waals surface area contributed by atoms with E-state index in [-0.39, 0.29) is 18.4 Å². The van der Waals surface area contributed by atoms with Crippen molar-refractivity contribution in [2.75, 3.05) is 13.2 Å². The Bertz CT molecular complexity index is 1310. The van der Waals surface area contributed by atoms with Crippen LogP contribution in [0.2, 0.25) is 0 Å². The number of aromatic nitrogens is 4. The van der Waals surface area contributed by atoms with Gasteiger partial charge >= 0.3 is 0 Å². The van der Waals surface area contributed by atoms with Crippen molar-refractivity contribution in [1.29, 1.82) is 0 Å². The van der Waals surface area contributed by atoms with E-state index >= 15 is 4.39 Å². The number of rotatable bonds is 5. The largest absolute Gasteiger partial charge is 0.508 e. The molecule has 5 N–H and O–H groups in total. The van der Waals surface area contributed by atoms with Crippen molar-refractivity contribution in [3.63, 3.8) is 0 Å². The first-order valence-corrected chi connectivity index (χ1v) is 10.2. The number of fused-ring (bicyclic) bond motifs is 1. The SMILES string of the molecule is CCc1cc(O)ccc1-c1ccc2c(-c3nc(C4=C[C@H](CO)NC4)c[nH]3)n[nH]c2c1F. The molecule has 31 heavy (non-hydrogen) atoms. The number of nitrogens with one attached hydrogen (secondary N) is 3. The van der Waals surface area contributed by atoms with E-state index in [1.165, 1.54) is 0 Å². The lowest BCUT2D eigenvalue weighted by Gasteiger charge is -2.10. The molecule has 0 fully saturated rings. The lowest BCUT2D eigenvalue weighted by atomic mass is 9.96. The number of aryl methyl sites for hydroxylation is 1. The number of phenolic OH excluding ortho intramolecular Hbond substituents is 1. The number of aromatic amines is 2. The maximum absolute atomic E-state index is 15.4. The molecular formula is C23H22FN5O2. The summed E-state index contributed by atoms with van der Waals surface area (Å²) >= 11 is 0. The molecule has 0 unspecified atom stereocenters. The first kappa shape index (κ1) is 19.5. The third kappa shape index (κ3) is 3.30. The molecule has 3 heterocycles. The highest BCUT2D eigenvalue weighted by Gasteiger charge is 2.21. The van der Waals surface area contributed by atoms with Gasteiger partial charge in [-0.05, 0) is 41.3 Å². The average molecular weight is 419 g/mol. The number of aromatic hydroxyl groups is 1. The van der Waals surface area contributed by atoms with Gasteiger partial charge < -0.3 is 20.5 Å². The average Bonchev–Trinajstić information content (AvgIpc) is 3.52. The number of H-pyrrole nitrogens is 2. The fourth-order valence-electron chi connectivity index (χ4n) is 4.08. The van der Waals surface area contributed by atoms with Gasteiger partial charge in [0.05, 0.1) is 12.3 Å². The molecule has 1 aliphatic rings. The lowest BCUT2D eigenvalue weighted by Crippen LogP contribution is -2.25. The van der Waals surface area contributed by atoms with Crippen LogP contribution in [0.1, 0.15) is 18.2 Å². The van der Waals surface area contributed by atoms with Crippen LogP contribution in [0.25, 0.3) is 39.1 Å². The molecule has 2 aromatic carbocycles. The van der Waals surface area contributed by atoms with Crippen molar-refractivity contribution in [2.24, 2.45) is 0 Å². The summed E-state index contributed by atoms with van der Waals surface area (Å²) in [5, 5.41) is 30.0. The van der Waals surface area contributed by atoms with E-state index in [0.29, 0.717) is 41.0 Å². The predicted molar refractivity (Wildman–Crippen MR) is 117 cm³/mol. The lowest BCUT2D eigenvalue weighted by molar-refractivity contribution is 0.271. The standard InChI is InChI=1S/C23H22FN5O2/c1-2-12-8-15(31)3-4-16(12)17-5-6-18-21(20(17)24)28-29-22(18)23-26-10-19(27-23)13-7-14(11-30)25-9-13/h3-8,10,14,25,30-31H,2,9,11H2,1H3,(H,26,27)(H,28,29)/t14-/m1/s1. The molecule has 1 aliphatic heterocycles. The zero-order valence-electron chi connectivity index (χ0n) is 16.9. The Morgan fingerprint density at radius 3 is 2.81 bits per heavy atom. The van der Waals surface area contributed by atoms with E-state index in [4.69, 9.17) is 0 Å². The Labute approximate surface area is 177 Å². The van der Waals surface area contributed by atoms with Crippen LogP contribution in [0, 0.1) is 5.82 Å². The van der Waals surface area contributed by atoms with Crippen molar-refractivity contribution in [3.8, 4) is 28.4 Å². The van der Waals surface area contributed by atoms with Gasteiger partial charge in [0.1, 0.15) is 17.0 Å². The smallest absolute Gasteiger partial charge is 0.159 e. The fourth-order valence-corrected chi connectivity index (χ4v) is 4.08. The van der Waals surface area contributed by atoms with E-state index < -0.39 is 5.82 Å². The van der Waals surface area contributed by atoms with Gasteiger partial charge in [0.2, 0.25) is 0 Å². The van der Waals surface area contributed by atoms with Gasteiger partial charge in [0.25, 0.3) is 0 Å². The van der Waals surface area contributed by atoms with Gasteiger partial charge in [-0.2, -0.15) is 5.10 Å². The highest BCUT2D eigenvalue weighted by Crippen LogP contribution is 2.35. The van der Waals surface area contributed by atoms with E-state index in [0.717, 1.165) is 22.4 Å². The molecular weight excluding hydrogens is 397 g/mol. The summed E-state index contributed by atoms with van der Waals surface area (Å²) in [7, 11) is 0. The highest BCUT2D eigenvalue weighted by molar-refractivity contribution is 5.95. The molecule has 0 spiro atoms. The zero-order chi connectivity index (χ0) is 21.5. The second kappa shape index (κ2) is 7.64. The zero-order valence-corrected chi connectivity index (χ0v) is 16.9. The number of benzene rings is 2. The van der Waals surface area contributed by atoms with E-state index in [2.05, 4.69) is 25.5 Å². The number of aliphatic hydroxyl groups is 1. The number of hydrogen-bond donors (Lipinski definition) is 5.